The summed E-state index contributed by atoms with van der Waals surface area (Å²) in [5, 5.41) is 12.9. The topological polar surface area (TPSA) is 96.1 Å². The standard InChI is InChI=1S/C12H21N5O/c1-9-6-14-11(17-13)16-10(9)15-7-12(8-18)4-2-3-5-12/h6,18H,2-5,7-8,13H2,1H3,(H2,14,15,16,17). The monoisotopic (exact) mass is 251 g/mol. The molecule has 0 aromatic carbocycles. The molecule has 0 aliphatic heterocycles. The number of hydrazine groups is 1. The fourth-order valence-electron chi connectivity index (χ4n) is 2.48. The maximum atomic E-state index is 9.56. The van der Waals surface area contributed by atoms with Crippen molar-refractivity contribution < 1.29 is 5.11 Å². The summed E-state index contributed by atoms with van der Waals surface area (Å²) < 4.78 is 0. The first kappa shape index (κ1) is 13.0. The van der Waals surface area contributed by atoms with Gasteiger partial charge >= 0.3 is 0 Å². The van der Waals surface area contributed by atoms with Gasteiger partial charge in [-0.05, 0) is 19.8 Å². The Hall–Kier alpha value is -1.40. The minimum atomic E-state index is 0.00764. The molecule has 6 nitrogen and oxygen atoms in total. The molecule has 0 radical (unpaired) electrons. The molecule has 1 heterocycles. The van der Waals surface area contributed by atoms with Crippen LogP contribution in [0.5, 0.6) is 0 Å². The number of aliphatic hydroxyl groups is 1. The SMILES string of the molecule is Cc1cnc(NN)nc1NCC1(CO)CCCC1. The molecule has 5 N–H and O–H groups in total. The smallest absolute Gasteiger partial charge is 0.239 e. The molecule has 2 rings (SSSR count). The Morgan fingerprint density at radius 3 is 2.78 bits per heavy atom. The van der Waals surface area contributed by atoms with Crippen LogP contribution in [-0.2, 0) is 0 Å². The number of nitrogens with two attached hydrogens (primary N) is 1. The molecule has 1 aliphatic carbocycles. The summed E-state index contributed by atoms with van der Waals surface area (Å²) in [4.78, 5) is 8.32. The number of nitrogen functional groups attached to an aromatic ring is 1. The van der Waals surface area contributed by atoms with E-state index in [4.69, 9.17) is 5.84 Å². The zero-order valence-electron chi connectivity index (χ0n) is 10.7. The summed E-state index contributed by atoms with van der Waals surface area (Å²) in [7, 11) is 0. The molecule has 1 aromatic heterocycles. The lowest BCUT2D eigenvalue weighted by molar-refractivity contribution is 0.142. The van der Waals surface area contributed by atoms with E-state index < -0.39 is 0 Å². The molecule has 0 unspecified atom stereocenters. The van der Waals surface area contributed by atoms with Crippen LogP contribution in [0, 0.1) is 12.3 Å². The van der Waals surface area contributed by atoms with Crippen LogP contribution < -0.4 is 16.6 Å². The van der Waals surface area contributed by atoms with Gasteiger partial charge in [0, 0.05) is 23.7 Å². The second-order valence-electron chi connectivity index (χ2n) is 5.09. The summed E-state index contributed by atoms with van der Waals surface area (Å²) in [6, 6.07) is 0. The van der Waals surface area contributed by atoms with Gasteiger partial charge in [-0.3, -0.25) is 5.43 Å². The molecule has 6 heteroatoms. The van der Waals surface area contributed by atoms with Crippen LogP contribution in [0.4, 0.5) is 11.8 Å². The van der Waals surface area contributed by atoms with Crippen LogP contribution in [-0.4, -0.2) is 28.2 Å². The van der Waals surface area contributed by atoms with Crippen LogP contribution in [0.1, 0.15) is 31.2 Å². The Morgan fingerprint density at radius 1 is 1.44 bits per heavy atom. The summed E-state index contributed by atoms with van der Waals surface area (Å²) in [6.45, 7) is 2.92. The van der Waals surface area contributed by atoms with Gasteiger partial charge in [-0.1, -0.05) is 12.8 Å². The van der Waals surface area contributed by atoms with Gasteiger partial charge in [-0.2, -0.15) is 4.98 Å². The Kier molecular flexibility index (Phi) is 3.98. The van der Waals surface area contributed by atoms with Gasteiger partial charge < -0.3 is 10.4 Å². The predicted octanol–water partition coefficient (Wildman–Crippen LogP) is 1.04. The highest BCUT2D eigenvalue weighted by Gasteiger charge is 2.33. The summed E-state index contributed by atoms with van der Waals surface area (Å²) in [5.41, 5.74) is 3.41. The second kappa shape index (κ2) is 5.49. The normalized spacial score (nSPS) is 17.7. The largest absolute Gasteiger partial charge is 0.396 e. The van der Waals surface area contributed by atoms with E-state index in [0.29, 0.717) is 5.95 Å². The fourth-order valence-corrected chi connectivity index (χ4v) is 2.48. The molecule has 1 aliphatic rings. The zero-order chi connectivity index (χ0) is 13.0. The van der Waals surface area contributed by atoms with Gasteiger partial charge in [0.1, 0.15) is 5.82 Å². The maximum Gasteiger partial charge on any atom is 0.239 e. The first-order valence-corrected chi connectivity index (χ1v) is 6.34. The highest BCUT2D eigenvalue weighted by Crippen LogP contribution is 2.37. The van der Waals surface area contributed by atoms with Crippen molar-refractivity contribution in [3.05, 3.63) is 11.8 Å². The van der Waals surface area contributed by atoms with Crippen molar-refractivity contribution in [3.8, 4) is 0 Å². The van der Waals surface area contributed by atoms with Crippen molar-refractivity contribution in [2.75, 3.05) is 23.9 Å². The Balaban J connectivity index is 2.05. The number of nitrogens with zero attached hydrogens (tertiary/aromatic N) is 2. The Morgan fingerprint density at radius 2 is 2.17 bits per heavy atom. The molecule has 100 valence electrons. The van der Waals surface area contributed by atoms with Gasteiger partial charge in [0.05, 0.1) is 6.61 Å². The Bertz CT molecular complexity index is 403. The fraction of sp³-hybridized carbons (Fsp3) is 0.667. The van der Waals surface area contributed by atoms with Crippen LogP contribution >= 0.6 is 0 Å². The van der Waals surface area contributed by atoms with Crippen LogP contribution in [0.2, 0.25) is 0 Å². The molecule has 1 fully saturated rings. The minimum Gasteiger partial charge on any atom is -0.396 e. The van der Waals surface area contributed by atoms with E-state index in [1.54, 1.807) is 6.20 Å². The zero-order valence-corrected chi connectivity index (χ0v) is 10.7. The third kappa shape index (κ3) is 2.70. The second-order valence-corrected chi connectivity index (χ2v) is 5.09. The number of aryl methyl sites for hydroxylation is 1. The number of aliphatic hydroxyl groups excluding tert-OH is 1. The van der Waals surface area contributed by atoms with Crippen molar-refractivity contribution in [1.29, 1.82) is 0 Å². The third-order valence-corrected chi connectivity index (χ3v) is 3.73. The molecule has 1 aromatic rings. The lowest BCUT2D eigenvalue weighted by Gasteiger charge is -2.27. The van der Waals surface area contributed by atoms with E-state index in [2.05, 4.69) is 20.7 Å². The molecule has 0 saturated heterocycles. The summed E-state index contributed by atoms with van der Waals surface area (Å²) in [5.74, 6) is 6.47. The van der Waals surface area contributed by atoms with Crippen LogP contribution in [0.25, 0.3) is 0 Å². The number of hydrogen-bond acceptors (Lipinski definition) is 6. The lowest BCUT2D eigenvalue weighted by atomic mass is 9.87. The average Bonchev–Trinajstić information content (AvgIpc) is 2.87. The molecule has 0 spiro atoms. The van der Waals surface area contributed by atoms with E-state index in [0.717, 1.165) is 30.8 Å². The van der Waals surface area contributed by atoms with Gasteiger partial charge in [0.2, 0.25) is 5.95 Å². The maximum absolute atomic E-state index is 9.56. The summed E-state index contributed by atoms with van der Waals surface area (Å²) in [6.07, 6.45) is 6.26. The van der Waals surface area contributed by atoms with Crippen molar-refractivity contribution >= 4 is 11.8 Å². The first-order chi connectivity index (χ1) is 8.69. The van der Waals surface area contributed by atoms with Gasteiger partial charge in [0.15, 0.2) is 0 Å². The van der Waals surface area contributed by atoms with Crippen LogP contribution in [0.15, 0.2) is 6.20 Å². The Labute approximate surface area is 107 Å². The average molecular weight is 251 g/mol. The third-order valence-electron chi connectivity index (χ3n) is 3.73. The van der Waals surface area contributed by atoms with Crippen molar-refractivity contribution in [1.82, 2.24) is 9.97 Å². The number of rotatable bonds is 5. The van der Waals surface area contributed by atoms with Crippen molar-refractivity contribution in [2.45, 2.75) is 32.6 Å². The first-order valence-electron chi connectivity index (χ1n) is 6.34. The minimum absolute atomic E-state index is 0.00764. The van der Waals surface area contributed by atoms with E-state index in [1.807, 2.05) is 6.92 Å². The highest BCUT2D eigenvalue weighted by atomic mass is 16.3. The molecule has 0 amide bonds. The van der Waals surface area contributed by atoms with E-state index in [-0.39, 0.29) is 12.0 Å². The molecular formula is C12H21N5O. The molecule has 0 atom stereocenters. The van der Waals surface area contributed by atoms with Crippen molar-refractivity contribution in [2.24, 2.45) is 11.3 Å². The van der Waals surface area contributed by atoms with E-state index in [9.17, 15) is 5.11 Å². The van der Waals surface area contributed by atoms with Gasteiger partial charge in [-0.25, -0.2) is 10.8 Å². The number of anilines is 2. The molecule has 1 saturated carbocycles. The van der Waals surface area contributed by atoms with Gasteiger partial charge in [-0.15, -0.1) is 0 Å². The summed E-state index contributed by atoms with van der Waals surface area (Å²) >= 11 is 0. The van der Waals surface area contributed by atoms with Crippen LogP contribution in [0.3, 0.4) is 0 Å². The number of aromatic nitrogens is 2. The molecule has 0 bridgehead atoms. The predicted molar refractivity (Wildman–Crippen MR) is 71.1 cm³/mol. The quantitative estimate of drug-likeness (QED) is 0.461. The number of hydrogen-bond donors (Lipinski definition) is 4. The van der Waals surface area contributed by atoms with Gasteiger partial charge in [0.25, 0.3) is 0 Å². The van der Waals surface area contributed by atoms with E-state index in [1.165, 1.54) is 12.8 Å². The lowest BCUT2D eigenvalue weighted by Crippen LogP contribution is -2.31. The number of nitrogens with one attached hydrogen (secondary N) is 2. The molecule has 18 heavy (non-hydrogen) atoms. The van der Waals surface area contributed by atoms with E-state index >= 15 is 0 Å². The van der Waals surface area contributed by atoms with Crippen molar-refractivity contribution in [3.63, 3.8) is 0 Å². The highest BCUT2D eigenvalue weighted by molar-refractivity contribution is 5.46. The molecular weight excluding hydrogens is 230 g/mol.